The first kappa shape index (κ1) is 11.8. The van der Waals surface area contributed by atoms with E-state index in [9.17, 15) is 0 Å². The van der Waals surface area contributed by atoms with Crippen molar-refractivity contribution in [3.8, 4) is 0 Å². The maximum absolute atomic E-state index is 3.56. The lowest BCUT2D eigenvalue weighted by Gasteiger charge is -2.11. The van der Waals surface area contributed by atoms with Gasteiger partial charge in [-0.05, 0) is 30.3 Å². The highest BCUT2D eigenvalue weighted by atomic mass is 79.9. The molecular weight excluding hydrogens is 220 g/mol. The van der Waals surface area contributed by atoms with Crippen molar-refractivity contribution in [2.45, 2.75) is 33.1 Å². The molecule has 68 valence electrons. The lowest BCUT2D eigenvalue weighted by molar-refractivity contribution is 0.597. The van der Waals surface area contributed by atoms with Crippen LogP contribution in [0.4, 0.5) is 0 Å². The number of halogens is 1. The van der Waals surface area contributed by atoms with Gasteiger partial charge in [-0.1, -0.05) is 36.2 Å². The molecule has 0 spiro atoms. The fourth-order valence-electron chi connectivity index (χ4n) is 1.01. The summed E-state index contributed by atoms with van der Waals surface area (Å²) in [5, 5.41) is 1.18. The van der Waals surface area contributed by atoms with Crippen molar-refractivity contribution in [3.63, 3.8) is 0 Å². The number of thioether (sulfide) groups is 1. The van der Waals surface area contributed by atoms with E-state index in [1.807, 2.05) is 0 Å². The third kappa shape index (κ3) is 7.20. The first-order chi connectivity index (χ1) is 5.35. The fourth-order valence-corrected chi connectivity index (χ4v) is 2.94. The second kappa shape index (κ2) is 8.92. The zero-order chi connectivity index (χ0) is 8.53. The third-order valence-corrected chi connectivity index (χ3v) is 3.94. The van der Waals surface area contributed by atoms with Crippen molar-refractivity contribution in [3.05, 3.63) is 0 Å². The Morgan fingerprint density at radius 2 is 2.00 bits per heavy atom. The monoisotopic (exact) mass is 238 g/mol. The van der Waals surface area contributed by atoms with Gasteiger partial charge in [-0.3, -0.25) is 0 Å². The molecule has 0 saturated heterocycles. The smallest absolute Gasteiger partial charge is 0.00675 e. The predicted molar refractivity (Wildman–Crippen MR) is 59.8 cm³/mol. The van der Waals surface area contributed by atoms with Crippen LogP contribution in [0.2, 0.25) is 0 Å². The van der Waals surface area contributed by atoms with Gasteiger partial charge in [0.05, 0.1) is 0 Å². The highest BCUT2D eigenvalue weighted by Gasteiger charge is 2.04. The molecule has 0 saturated carbocycles. The molecule has 0 bridgehead atoms. The Morgan fingerprint density at radius 3 is 2.45 bits per heavy atom. The largest absolute Gasteiger partial charge is 0.162 e. The molecule has 0 heterocycles. The van der Waals surface area contributed by atoms with E-state index in [0.717, 1.165) is 5.92 Å². The SMILES string of the molecule is CCCSCC(CBr)CCC. The van der Waals surface area contributed by atoms with Crippen LogP contribution >= 0.6 is 27.7 Å². The van der Waals surface area contributed by atoms with Crippen LogP contribution in [0.25, 0.3) is 0 Å². The number of hydrogen-bond acceptors (Lipinski definition) is 1. The molecule has 0 N–H and O–H groups in total. The standard InChI is InChI=1S/C9H19BrS/c1-3-5-9(7-10)8-11-6-4-2/h9H,3-8H2,1-2H3. The second-order valence-corrected chi connectivity index (χ2v) is 4.68. The molecule has 0 radical (unpaired) electrons. The molecule has 0 aromatic carbocycles. The topological polar surface area (TPSA) is 0 Å². The zero-order valence-corrected chi connectivity index (χ0v) is 10.0. The second-order valence-electron chi connectivity index (χ2n) is 2.88. The number of hydrogen-bond donors (Lipinski definition) is 0. The van der Waals surface area contributed by atoms with E-state index in [1.54, 1.807) is 0 Å². The summed E-state index contributed by atoms with van der Waals surface area (Å²) >= 11 is 5.65. The molecule has 0 aliphatic rings. The quantitative estimate of drug-likeness (QED) is 0.479. The zero-order valence-electron chi connectivity index (χ0n) is 7.61. The minimum Gasteiger partial charge on any atom is -0.162 e. The van der Waals surface area contributed by atoms with Gasteiger partial charge in [0.15, 0.2) is 0 Å². The first-order valence-electron chi connectivity index (χ1n) is 4.48. The summed E-state index contributed by atoms with van der Waals surface area (Å²) < 4.78 is 0. The van der Waals surface area contributed by atoms with E-state index in [2.05, 4.69) is 41.5 Å². The van der Waals surface area contributed by atoms with Crippen molar-refractivity contribution >= 4 is 27.7 Å². The first-order valence-corrected chi connectivity index (χ1v) is 6.76. The number of alkyl halides is 1. The minimum absolute atomic E-state index is 0.900. The molecule has 0 nitrogen and oxygen atoms in total. The van der Waals surface area contributed by atoms with E-state index in [4.69, 9.17) is 0 Å². The molecule has 2 heteroatoms. The van der Waals surface area contributed by atoms with E-state index in [0.29, 0.717) is 0 Å². The summed E-state index contributed by atoms with van der Waals surface area (Å²) in [6.07, 6.45) is 4.01. The highest BCUT2D eigenvalue weighted by molar-refractivity contribution is 9.09. The summed E-state index contributed by atoms with van der Waals surface area (Å²) in [6, 6.07) is 0. The van der Waals surface area contributed by atoms with Crippen LogP contribution in [0.1, 0.15) is 33.1 Å². The van der Waals surface area contributed by atoms with Crippen LogP contribution in [0.5, 0.6) is 0 Å². The lowest BCUT2D eigenvalue weighted by atomic mass is 10.1. The molecule has 1 atom stereocenters. The number of rotatable bonds is 7. The van der Waals surface area contributed by atoms with Crippen molar-refractivity contribution in [2.75, 3.05) is 16.8 Å². The van der Waals surface area contributed by atoms with E-state index < -0.39 is 0 Å². The van der Waals surface area contributed by atoms with Crippen molar-refractivity contribution in [1.82, 2.24) is 0 Å². The Morgan fingerprint density at radius 1 is 1.27 bits per heavy atom. The van der Waals surface area contributed by atoms with Gasteiger partial charge in [0.2, 0.25) is 0 Å². The Kier molecular flexibility index (Phi) is 9.60. The molecule has 11 heavy (non-hydrogen) atoms. The average molecular weight is 239 g/mol. The van der Waals surface area contributed by atoms with Crippen LogP contribution < -0.4 is 0 Å². The maximum atomic E-state index is 3.56. The van der Waals surface area contributed by atoms with E-state index in [-0.39, 0.29) is 0 Å². The van der Waals surface area contributed by atoms with Gasteiger partial charge in [0.25, 0.3) is 0 Å². The Balaban J connectivity index is 3.20. The third-order valence-electron chi connectivity index (χ3n) is 1.62. The van der Waals surface area contributed by atoms with Crippen LogP contribution in [0, 0.1) is 5.92 Å². The molecule has 0 fully saturated rings. The summed E-state index contributed by atoms with van der Waals surface area (Å²) in [5.74, 6) is 3.57. The molecule has 0 rings (SSSR count). The van der Waals surface area contributed by atoms with Crippen molar-refractivity contribution < 1.29 is 0 Å². The van der Waals surface area contributed by atoms with Crippen LogP contribution in [0.15, 0.2) is 0 Å². The summed E-state index contributed by atoms with van der Waals surface area (Å²) in [5.41, 5.74) is 0. The Bertz CT molecular complexity index is 76.0. The molecule has 0 aliphatic heterocycles. The highest BCUT2D eigenvalue weighted by Crippen LogP contribution is 2.16. The average Bonchev–Trinajstić information content (AvgIpc) is 2.03. The van der Waals surface area contributed by atoms with Gasteiger partial charge in [0.1, 0.15) is 0 Å². The van der Waals surface area contributed by atoms with Gasteiger partial charge >= 0.3 is 0 Å². The van der Waals surface area contributed by atoms with Gasteiger partial charge < -0.3 is 0 Å². The summed E-state index contributed by atoms with van der Waals surface area (Å²) in [4.78, 5) is 0. The minimum atomic E-state index is 0.900. The van der Waals surface area contributed by atoms with Crippen molar-refractivity contribution in [2.24, 2.45) is 5.92 Å². The Labute approximate surface area is 83.6 Å². The molecule has 0 aromatic heterocycles. The van der Waals surface area contributed by atoms with Crippen LogP contribution in [-0.4, -0.2) is 16.8 Å². The van der Waals surface area contributed by atoms with Gasteiger partial charge in [0, 0.05) is 5.33 Å². The molecule has 0 amide bonds. The predicted octanol–water partition coefficient (Wildman–Crippen LogP) is 3.94. The summed E-state index contributed by atoms with van der Waals surface area (Å²) in [7, 11) is 0. The fraction of sp³-hybridized carbons (Fsp3) is 1.00. The molecule has 0 aromatic rings. The van der Waals surface area contributed by atoms with E-state index >= 15 is 0 Å². The van der Waals surface area contributed by atoms with Gasteiger partial charge in [-0.25, -0.2) is 0 Å². The van der Waals surface area contributed by atoms with Crippen LogP contribution in [-0.2, 0) is 0 Å². The normalized spacial score (nSPS) is 13.4. The maximum Gasteiger partial charge on any atom is 0.00675 e. The molecule has 0 aliphatic carbocycles. The Hall–Kier alpha value is 0.830. The molecular formula is C9H19BrS. The lowest BCUT2D eigenvalue weighted by Crippen LogP contribution is -2.05. The van der Waals surface area contributed by atoms with Gasteiger partial charge in [-0.15, -0.1) is 0 Å². The van der Waals surface area contributed by atoms with Gasteiger partial charge in [-0.2, -0.15) is 11.8 Å². The van der Waals surface area contributed by atoms with Crippen LogP contribution in [0.3, 0.4) is 0 Å². The van der Waals surface area contributed by atoms with Crippen molar-refractivity contribution in [1.29, 1.82) is 0 Å². The molecule has 1 unspecified atom stereocenters. The van der Waals surface area contributed by atoms with E-state index in [1.165, 1.54) is 36.1 Å². The summed E-state index contributed by atoms with van der Waals surface area (Å²) in [6.45, 7) is 4.51.